The first-order valence-electron chi connectivity index (χ1n) is 8.90. The number of rotatable bonds is 4. The number of urea groups is 1. The molecule has 2 aromatic heterocycles. The van der Waals surface area contributed by atoms with E-state index >= 15 is 0 Å². The number of piperazine rings is 1. The number of aromatic nitrogens is 3. The normalized spacial score (nSPS) is 14.1. The van der Waals surface area contributed by atoms with Crippen LogP contribution in [0.2, 0.25) is 0 Å². The third kappa shape index (κ3) is 4.17. The van der Waals surface area contributed by atoms with Gasteiger partial charge in [-0.2, -0.15) is 8.75 Å². The molecule has 4 rings (SSSR count). The number of benzene rings is 1. The van der Waals surface area contributed by atoms with Crippen LogP contribution < -0.4 is 15.5 Å². The van der Waals surface area contributed by atoms with Crippen LogP contribution in [0.3, 0.4) is 0 Å². The van der Waals surface area contributed by atoms with Gasteiger partial charge in [-0.15, -0.1) is 0 Å². The van der Waals surface area contributed by atoms with Gasteiger partial charge < -0.3 is 20.4 Å². The molecule has 10 heteroatoms. The molecule has 3 aromatic rings. The highest BCUT2D eigenvalue weighted by Crippen LogP contribution is 2.17. The van der Waals surface area contributed by atoms with Gasteiger partial charge in [-0.25, -0.2) is 9.78 Å². The molecule has 3 amide bonds. The molecule has 0 saturated carbocycles. The van der Waals surface area contributed by atoms with Gasteiger partial charge in [0.1, 0.15) is 16.9 Å². The second-order valence-corrected chi connectivity index (χ2v) is 6.87. The summed E-state index contributed by atoms with van der Waals surface area (Å²) in [4.78, 5) is 32.6. The second kappa shape index (κ2) is 8.17. The standard InChI is InChI=1S/C18H19N7O2S/c26-17(21-13-4-5-14-15(11-13)23-28-22-14)12-20-18(27)25-9-7-24(8-10-25)16-3-1-2-6-19-16/h1-6,11H,7-10,12H2,(H,20,27)(H,21,26). The molecular formula is C18H19N7O2S. The maximum atomic E-state index is 12.3. The van der Waals surface area contributed by atoms with Crippen LogP contribution in [-0.2, 0) is 4.79 Å². The molecule has 1 aliphatic rings. The SMILES string of the molecule is O=C(CNC(=O)N1CCN(c2ccccn2)CC1)Nc1ccc2nsnc2c1. The van der Waals surface area contributed by atoms with Gasteiger partial charge in [0.15, 0.2) is 0 Å². The van der Waals surface area contributed by atoms with Crippen molar-refractivity contribution in [3.05, 3.63) is 42.6 Å². The minimum Gasteiger partial charge on any atom is -0.353 e. The van der Waals surface area contributed by atoms with E-state index in [0.29, 0.717) is 31.9 Å². The third-order valence-electron chi connectivity index (χ3n) is 4.48. The molecular weight excluding hydrogens is 378 g/mol. The lowest BCUT2D eigenvalue weighted by atomic mass is 10.2. The topological polar surface area (TPSA) is 103 Å². The Labute approximate surface area is 165 Å². The van der Waals surface area contributed by atoms with E-state index in [1.54, 1.807) is 29.3 Å². The Balaban J connectivity index is 1.23. The summed E-state index contributed by atoms with van der Waals surface area (Å²) in [5, 5.41) is 5.43. The molecule has 1 aromatic carbocycles. The summed E-state index contributed by atoms with van der Waals surface area (Å²) in [5.74, 6) is 0.622. The number of fused-ring (bicyclic) bond motifs is 1. The van der Waals surface area contributed by atoms with Crippen molar-refractivity contribution in [1.29, 1.82) is 0 Å². The Hall–Kier alpha value is -3.27. The van der Waals surface area contributed by atoms with Crippen molar-refractivity contribution in [1.82, 2.24) is 23.9 Å². The van der Waals surface area contributed by atoms with Crippen LogP contribution in [0.4, 0.5) is 16.3 Å². The number of carbonyl (C=O) groups excluding carboxylic acids is 2. The van der Waals surface area contributed by atoms with E-state index in [-0.39, 0.29) is 18.5 Å². The summed E-state index contributed by atoms with van der Waals surface area (Å²) in [5.41, 5.74) is 2.15. The molecule has 3 heterocycles. The summed E-state index contributed by atoms with van der Waals surface area (Å²) in [6.07, 6.45) is 1.76. The molecule has 1 saturated heterocycles. The lowest BCUT2D eigenvalue weighted by Crippen LogP contribution is -2.52. The van der Waals surface area contributed by atoms with E-state index in [1.807, 2.05) is 18.2 Å². The average Bonchev–Trinajstić information content (AvgIpc) is 3.21. The highest BCUT2D eigenvalue weighted by Gasteiger charge is 2.22. The number of hydrogen-bond donors (Lipinski definition) is 2. The average molecular weight is 397 g/mol. The maximum Gasteiger partial charge on any atom is 0.317 e. The van der Waals surface area contributed by atoms with Gasteiger partial charge in [0, 0.05) is 38.1 Å². The lowest BCUT2D eigenvalue weighted by molar-refractivity contribution is -0.115. The number of pyridine rings is 1. The highest BCUT2D eigenvalue weighted by atomic mass is 32.1. The van der Waals surface area contributed by atoms with Crippen molar-refractivity contribution in [2.75, 3.05) is 42.9 Å². The first-order chi connectivity index (χ1) is 13.7. The van der Waals surface area contributed by atoms with Crippen LogP contribution in [0.25, 0.3) is 11.0 Å². The molecule has 0 aliphatic carbocycles. The van der Waals surface area contributed by atoms with Crippen molar-refractivity contribution in [2.45, 2.75) is 0 Å². The zero-order valence-electron chi connectivity index (χ0n) is 15.0. The number of nitrogens with zero attached hydrogens (tertiary/aromatic N) is 5. The van der Waals surface area contributed by atoms with E-state index in [4.69, 9.17) is 0 Å². The molecule has 0 atom stereocenters. The Kier molecular flexibility index (Phi) is 5.29. The third-order valence-corrected chi connectivity index (χ3v) is 5.03. The first-order valence-corrected chi connectivity index (χ1v) is 9.63. The molecule has 0 bridgehead atoms. The summed E-state index contributed by atoms with van der Waals surface area (Å²) in [6.45, 7) is 2.48. The van der Waals surface area contributed by atoms with Crippen LogP contribution in [0.1, 0.15) is 0 Å². The van der Waals surface area contributed by atoms with Crippen LogP contribution in [0, 0.1) is 0 Å². The number of carbonyl (C=O) groups is 2. The Morgan fingerprint density at radius 1 is 1.04 bits per heavy atom. The molecule has 1 aliphatic heterocycles. The molecule has 28 heavy (non-hydrogen) atoms. The van der Waals surface area contributed by atoms with Crippen LogP contribution in [-0.4, -0.2) is 63.3 Å². The maximum absolute atomic E-state index is 12.3. The van der Waals surface area contributed by atoms with Crippen molar-refractivity contribution in [3.8, 4) is 0 Å². The Morgan fingerprint density at radius 2 is 1.86 bits per heavy atom. The van der Waals surface area contributed by atoms with Crippen LogP contribution >= 0.6 is 11.7 Å². The summed E-state index contributed by atoms with van der Waals surface area (Å²) in [6, 6.07) is 10.9. The van der Waals surface area contributed by atoms with Gasteiger partial charge in [-0.1, -0.05) is 6.07 Å². The fourth-order valence-corrected chi connectivity index (χ4v) is 3.53. The molecule has 2 N–H and O–H groups in total. The number of amides is 3. The summed E-state index contributed by atoms with van der Waals surface area (Å²) >= 11 is 1.13. The predicted octanol–water partition coefficient (Wildman–Crippen LogP) is 1.56. The molecule has 0 unspecified atom stereocenters. The lowest BCUT2D eigenvalue weighted by Gasteiger charge is -2.35. The molecule has 9 nitrogen and oxygen atoms in total. The smallest absolute Gasteiger partial charge is 0.317 e. The fraction of sp³-hybridized carbons (Fsp3) is 0.278. The minimum atomic E-state index is -0.289. The Morgan fingerprint density at radius 3 is 2.64 bits per heavy atom. The van der Waals surface area contributed by atoms with Crippen LogP contribution in [0.5, 0.6) is 0 Å². The van der Waals surface area contributed by atoms with Crippen molar-refractivity contribution in [3.63, 3.8) is 0 Å². The number of nitrogens with one attached hydrogen (secondary N) is 2. The first kappa shape index (κ1) is 18.1. The van der Waals surface area contributed by atoms with Gasteiger partial charge in [0.05, 0.1) is 18.3 Å². The summed E-state index contributed by atoms with van der Waals surface area (Å²) < 4.78 is 8.27. The monoisotopic (exact) mass is 397 g/mol. The van der Waals surface area contributed by atoms with Gasteiger partial charge in [-0.3, -0.25) is 4.79 Å². The van der Waals surface area contributed by atoms with E-state index < -0.39 is 0 Å². The van der Waals surface area contributed by atoms with Crippen LogP contribution in [0.15, 0.2) is 42.6 Å². The highest BCUT2D eigenvalue weighted by molar-refractivity contribution is 7.00. The molecule has 0 spiro atoms. The van der Waals surface area contributed by atoms with Gasteiger partial charge in [0.2, 0.25) is 5.91 Å². The van der Waals surface area contributed by atoms with E-state index in [2.05, 4.69) is 29.3 Å². The minimum absolute atomic E-state index is 0.0906. The zero-order chi connectivity index (χ0) is 19.3. The van der Waals surface area contributed by atoms with Gasteiger partial charge in [0.25, 0.3) is 0 Å². The van der Waals surface area contributed by atoms with Gasteiger partial charge in [-0.05, 0) is 30.3 Å². The van der Waals surface area contributed by atoms with Crippen molar-refractivity contribution < 1.29 is 9.59 Å². The fourth-order valence-electron chi connectivity index (χ4n) is 3.01. The molecule has 0 radical (unpaired) electrons. The number of hydrogen-bond acceptors (Lipinski definition) is 7. The van der Waals surface area contributed by atoms with Crippen molar-refractivity contribution >= 4 is 46.2 Å². The van der Waals surface area contributed by atoms with E-state index in [9.17, 15) is 9.59 Å². The Bertz CT molecular complexity index is 970. The summed E-state index contributed by atoms with van der Waals surface area (Å²) in [7, 11) is 0. The van der Waals surface area contributed by atoms with E-state index in [0.717, 1.165) is 28.6 Å². The number of anilines is 2. The van der Waals surface area contributed by atoms with Crippen molar-refractivity contribution in [2.24, 2.45) is 0 Å². The zero-order valence-corrected chi connectivity index (χ0v) is 15.9. The quantitative estimate of drug-likeness (QED) is 0.692. The molecule has 1 fully saturated rings. The predicted molar refractivity (Wildman–Crippen MR) is 107 cm³/mol. The largest absolute Gasteiger partial charge is 0.353 e. The second-order valence-electron chi connectivity index (χ2n) is 6.34. The molecule has 144 valence electrons. The van der Waals surface area contributed by atoms with E-state index in [1.165, 1.54) is 0 Å². The van der Waals surface area contributed by atoms with Gasteiger partial charge >= 0.3 is 6.03 Å².